The van der Waals surface area contributed by atoms with Crippen LogP contribution < -0.4 is 0 Å². The van der Waals surface area contributed by atoms with Gasteiger partial charge in [-0.2, -0.15) is 0 Å². The molecule has 0 aromatic heterocycles. The average molecular weight is 1170 g/mol. The smallest absolute Gasteiger partial charge is 0.0242 e. The molecule has 0 saturated carbocycles. The van der Waals surface area contributed by atoms with Crippen LogP contribution in [0.15, 0.2) is 394 Å². The highest BCUT2D eigenvalue weighted by Crippen LogP contribution is 2.58. The first kappa shape index (κ1) is 58.9. The molecule has 0 heteroatoms. The van der Waals surface area contributed by atoms with Gasteiger partial charge in [-0.3, -0.25) is 0 Å². The summed E-state index contributed by atoms with van der Waals surface area (Å²) in [6.45, 7) is 0. The van der Waals surface area contributed by atoms with E-state index in [9.17, 15) is 0 Å². The molecule has 15 rings (SSSR count). The molecule has 0 bridgehead atoms. The molecule has 0 unspecified atom stereocenters. The molecule has 92 heavy (non-hydrogen) atoms. The van der Waals surface area contributed by atoms with E-state index in [1.165, 1.54) is 134 Å². The van der Waals surface area contributed by atoms with Gasteiger partial charge in [-0.05, 0) is 146 Å². The second-order valence-electron chi connectivity index (χ2n) is 22.4. The second kappa shape index (κ2) is 28.8. The van der Waals surface area contributed by atoms with Crippen molar-refractivity contribution in [2.75, 3.05) is 0 Å². The summed E-state index contributed by atoms with van der Waals surface area (Å²) in [5, 5.41) is 0. The summed E-state index contributed by atoms with van der Waals surface area (Å²) in [5.41, 5.74) is 30.2. The van der Waals surface area contributed by atoms with Gasteiger partial charge in [0, 0.05) is 5.56 Å². The summed E-state index contributed by atoms with van der Waals surface area (Å²) in [6.07, 6.45) is 5.10. The zero-order valence-corrected chi connectivity index (χ0v) is 51.1. The van der Waals surface area contributed by atoms with Crippen LogP contribution in [0.25, 0.3) is 134 Å². The molecule has 0 aliphatic carbocycles. The largest absolute Gasteiger partial charge is 0.115 e. The molecule has 0 fully saturated rings. The minimum atomic E-state index is 0.938. The van der Waals surface area contributed by atoms with E-state index in [0.29, 0.717) is 0 Å². The number of hydrogen-bond donors (Lipinski definition) is 0. The minimum Gasteiger partial charge on any atom is -0.115 e. The molecule has 15 aromatic carbocycles. The Bertz CT molecular complexity index is 3760. The van der Waals surface area contributed by atoms with Crippen LogP contribution in [0, 0.1) is 12.3 Å². The quantitative estimate of drug-likeness (QED) is 0.107. The predicted octanol–water partition coefficient (Wildman–Crippen LogP) is 25.0. The van der Waals surface area contributed by atoms with Crippen LogP contribution in [0.3, 0.4) is 0 Å². The fraction of sp³-hybridized carbons (Fsp3) is 0. The Kier molecular flexibility index (Phi) is 18.4. The normalized spacial score (nSPS) is 10.6. The molecule has 0 heterocycles. The Hall–Kier alpha value is -12.1. The average Bonchev–Trinajstić information content (AvgIpc) is 0.735. The topological polar surface area (TPSA) is 0 Å². The lowest BCUT2D eigenvalue weighted by Gasteiger charge is -2.28. The molecule has 0 aliphatic rings. The zero-order valence-electron chi connectivity index (χ0n) is 51.1. The van der Waals surface area contributed by atoms with Crippen LogP contribution >= 0.6 is 0 Å². The van der Waals surface area contributed by atoms with Crippen molar-refractivity contribution in [1.82, 2.24) is 0 Å². The van der Waals surface area contributed by atoms with Crippen LogP contribution in [0.2, 0.25) is 0 Å². The van der Waals surface area contributed by atoms with Gasteiger partial charge in [0.05, 0.1) is 0 Å². The fourth-order valence-corrected chi connectivity index (χ4v) is 12.8. The van der Waals surface area contributed by atoms with Gasteiger partial charge in [0.15, 0.2) is 0 Å². The van der Waals surface area contributed by atoms with E-state index in [1.54, 1.807) is 0 Å². The van der Waals surface area contributed by atoms with Gasteiger partial charge < -0.3 is 0 Å². The van der Waals surface area contributed by atoms with Crippen molar-refractivity contribution in [3.63, 3.8) is 0 Å². The maximum absolute atomic E-state index is 5.10. The number of benzene rings is 15. The van der Waals surface area contributed by atoms with E-state index < -0.39 is 0 Å². The maximum atomic E-state index is 5.10. The lowest BCUT2D eigenvalue weighted by molar-refractivity contribution is 1.51. The van der Waals surface area contributed by atoms with Gasteiger partial charge in [0.25, 0.3) is 0 Å². The Morgan fingerprint density at radius 3 is 0.283 bits per heavy atom. The highest BCUT2D eigenvalue weighted by molar-refractivity contribution is 6.17. The fourth-order valence-electron chi connectivity index (χ4n) is 12.8. The first-order chi connectivity index (χ1) is 45.7. The van der Waals surface area contributed by atoms with Crippen molar-refractivity contribution in [1.29, 1.82) is 0 Å². The molecule has 0 radical (unpaired) electrons. The first-order valence-electron chi connectivity index (χ1n) is 31.4. The van der Waals surface area contributed by atoms with Crippen LogP contribution in [0.1, 0.15) is 5.56 Å². The SMILES string of the molecule is C#Cc1ccccc1.c1ccc(-c2c(-c3ccccc3)c(-c3ccccc3)c(-c3ccccc3)c(-c3ccccc3)c2-c2ccccc2)cc1.c1ccc(-c2c(-c3ccccc3)c(-c3ccccc3)c(-c3ccccc3)c(-c3ccccc3)c2-c2ccccc2)cc1. The standard InChI is InChI=1S/2C42H30.C8H6/c2*1-7-19-31(20-8-1)37-38(32-21-9-2-10-22-32)40(34-25-13-4-14-26-34)42(36-29-17-6-18-30-36)41(35-27-15-5-16-28-35)39(37)33-23-11-3-12-24-33;1-2-8-6-4-3-5-7-8/h2*1-30H;1,3-7H. The summed E-state index contributed by atoms with van der Waals surface area (Å²) in [7, 11) is 0. The number of hydrogen-bond acceptors (Lipinski definition) is 0. The van der Waals surface area contributed by atoms with E-state index in [4.69, 9.17) is 6.42 Å². The molecular formula is C92H66. The molecule has 0 amide bonds. The van der Waals surface area contributed by atoms with Gasteiger partial charge in [-0.1, -0.05) is 388 Å². The highest BCUT2D eigenvalue weighted by atomic mass is 14.3. The van der Waals surface area contributed by atoms with Crippen LogP contribution in [0.5, 0.6) is 0 Å². The third-order valence-electron chi connectivity index (χ3n) is 16.7. The van der Waals surface area contributed by atoms with E-state index in [1.807, 2.05) is 30.3 Å². The number of rotatable bonds is 12. The van der Waals surface area contributed by atoms with Crippen molar-refractivity contribution < 1.29 is 0 Å². The highest BCUT2D eigenvalue weighted by Gasteiger charge is 2.31. The summed E-state index contributed by atoms with van der Waals surface area (Å²) in [5.74, 6) is 2.53. The molecule has 0 aliphatic heterocycles. The molecule has 0 N–H and O–H groups in total. The molecule has 0 spiro atoms. The third kappa shape index (κ3) is 12.8. The number of terminal acetylenes is 1. The first-order valence-corrected chi connectivity index (χ1v) is 31.4. The Morgan fingerprint density at radius 2 is 0.207 bits per heavy atom. The zero-order chi connectivity index (χ0) is 62.1. The molecule has 15 aromatic rings. The van der Waals surface area contributed by atoms with Gasteiger partial charge in [0.1, 0.15) is 0 Å². The van der Waals surface area contributed by atoms with Gasteiger partial charge in [-0.15, -0.1) is 6.42 Å². The van der Waals surface area contributed by atoms with E-state index in [2.05, 4.69) is 370 Å². The van der Waals surface area contributed by atoms with Crippen molar-refractivity contribution in [2.45, 2.75) is 0 Å². The lowest BCUT2D eigenvalue weighted by Crippen LogP contribution is -2.02. The van der Waals surface area contributed by atoms with Crippen molar-refractivity contribution in [3.8, 4) is 146 Å². The van der Waals surface area contributed by atoms with E-state index in [0.717, 1.165) is 5.56 Å². The Morgan fingerprint density at radius 1 is 0.120 bits per heavy atom. The molecule has 0 saturated heterocycles. The van der Waals surface area contributed by atoms with E-state index in [-0.39, 0.29) is 0 Å². The summed E-state index contributed by atoms with van der Waals surface area (Å²) < 4.78 is 0. The molecule has 0 atom stereocenters. The lowest BCUT2D eigenvalue weighted by atomic mass is 9.74. The van der Waals surface area contributed by atoms with Gasteiger partial charge in [-0.25, -0.2) is 0 Å². The summed E-state index contributed by atoms with van der Waals surface area (Å²) in [6, 6.07) is 140. The van der Waals surface area contributed by atoms with Crippen LogP contribution in [0.4, 0.5) is 0 Å². The maximum Gasteiger partial charge on any atom is 0.0242 e. The second-order valence-corrected chi connectivity index (χ2v) is 22.4. The van der Waals surface area contributed by atoms with Crippen molar-refractivity contribution >= 4 is 0 Å². The monoisotopic (exact) mass is 1170 g/mol. The Balaban J connectivity index is 0.000000150. The van der Waals surface area contributed by atoms with Crippen LogP contribution in [-0.2, 0) is 0 Å². The molecule has 434 valence electrons. The van der Waals surface area contributed by atoms with Gasteiger partial charge >= 0.3 is 0 Å². The molecule has 0 nitrogen and oxygen atoms in total. The summed E-state index contributed by atoms with van der Waals surface area (Å²) >= 11 is 0. The van der Waals surface area contributed by atoms with Crippen LogP contribution in [-0.4, -0.2) is 0 Å². The predicted molar refractivity (Wildman–Crippen MR) is 392 cm³/mol. The minimum absolute atomic E-state index is 0.938. The third-order valence-corrected chi connectivity index (χ3v) is 16.7. The van der Waals surface area contributed by atoms with Crippen molar-refractivity contribution in [3.05, 3.63) is 400 Å². The summed E-state index contributed by atoms with van der Waals surface area (Å²) in [4.78, 5) is 0. The molecular weight excluding hydrogens is 1110 g/mol. The Labute approximate surface area is 542 Å². The van der Waals surface area contributed by atoms with E-state index >= 15 is 0 Å². The van der Waals surface area contributed by atoms with Gasteiger partial charge in [0.2, 0.25) is 0 Å². The van der Waals surface area contributed by atoms with Crippen molar-refractivity contribution in [2.24, 2.45) is 0 Å².